The zero-order valence-corrected chi connectivity index (χ0v) is 45.4. The van der Waals surface area contributed by atoms with Gasteiger partial charge in [-0.25, -0.2) is 0 Å². The number of aliphatic carboxylic acids is 2. The number of carbonyl (C=O) groups excluding carboxylic acids is 6. The molecule has 0 saturated heterocycles. The Morgan fingerprint density at radius 3 is 0.524 bits per heavy atom. The fourth-order valence-corrected chi connectivity index (χ4v) is 5.40. The predicted molar refractivity (Wildman–Crippen MR) is 283 cm³/mol. The molecule has 8 aromatic heterocycles. The number of rotatable bonds is 10. The smallest absolute Gasteiger partial charge is 0.652 e. The Hall–Kier alpha value is -10.4. The Balaban J connectivity index is -0.000000216. The summed E-state index contributed by atoms with van der Waals surface area (Å²) in [5.74, 6) is -4.10. The molecular weight excluding hydrogens is 1190 g/mol. The molecule has 30 heteroatoms. The van der Waals surface area contributed by atoms with E-state index in [1.54, 1.807) is 49.6 Å². The van der Waals surface area contributed by atoms with Crippen LogP contribution in [0.25, 0.3) is 45.6 Å². The number of carboxylic acids is 2. The predicted octanol–water partition coefficient (Wildman–Crippen LogP) is -4.63. The van der Waals surface area contributed by atoms with Crippen LogP contribution in [-0.4, -0.2) is 122 Å². The van der Waals surface area contributed by atoms with E-state index in [1.165, 1.54) is 24.3 Å². The van der Waals surface area contributed by atoms with E-state index >= 15 is 0 Å². The number of carbonyl (C=O) groups is 6. The van der Waals surface area contributed by atoms with Crippen LogP contribution >= 0.6 is 0 Å². The molecule has 2 amide bonds. The Bertz CT molecular complexity index is 2580. The van der Waals surface area contributed by atoms with Crippen molar-refractivity contribution in [3.63, 3.8) is 0 Å². The normalized spacial score (nSPS) is 8.38. The molecular formula is C54H54Co2N10O18. The first-order chi connectivity index (χ1) is 36.7. The van der Waals surface area contributed by atoms with Crippen LogP contribution < -0.4 is 41.3 Å². The standard InChI is InChI=1S/C12H12N2O6.4C10H8N2.2CH2O3.2Co.6H2O/c15-9(16)5-13-11(19)7-1-2-8(4-3-7)12(20)14-6-10(17)18;4*1-3-7-11-9(5-1)10-6-2-4-8-12-10;2*2-1(3)4;;;;;;;;/h1-4H,5-6H2,(H,13,19)(H,14,20)(H,15,16)(H,17,18);4*1-8H;2*(H2,2,3,4);;;6*1H2/q;;;;;;;2*+3;;;;;;/p-6. The van der Waals surface area contributed by atoms with Crippen LogP contribution in [0.3, 0.4) is 0 Å². The largest absolute Gasteiger partial charge is 3.00 e. The minimum atomic E-state index is -2.33. The molecule has 9 aromatic rings. The average molecular weight is 1250 g/mol. The number of hydrogen-bond acceptors (Lipinski definition) is 20. The van der Waals surface area contributed by atoms with Gasteiger partial charge in [-0.15, -0.1) is 0 Å². The molecule has 0 fully saturated rings. The van der Waals surface area contributed by atoms with E-state index in [9.17, 15) is 29.4 Å². The van der Waals surface area contributed by atoms with Crippen molar-refractivity contribution in [2.24, 2.45) is 0 Å². The number of amides is 2. The van der Waals surface area contributed by atoms with Crippen LogP contribution in [0.5, 0.6) is 0 Å². The molecule has 0 spiro atoms. The van der Waals surface area contributed by atoms with Crippen molar-refractivity contribution < 1.29 is 126 Å². The summed E-state index contributed by atoms with van der Waals surface area (Å²) < 4.78 is 0. The first-order valence-corrected chi connectivity index (χ1v) is 21.8. The second-order valence-corrected chi connectivity index (χ2v) is 13.9. The summed E-state index contributed by atoms with van der Waals surface area (Å²) in [5.41, 5.74) is 7.63. The minimum absolute atomic E-state index is 0. The number of carboxylic acid groups (broad SMARTS) is 6. The topological polar surface area (TPSA) is 557 Å². The summed E-state index contributed by atoms with van der Waals surface area (Å²) in [5, 5.41) is 57.9. The van der Waals surface area contributed by atoms with Gasteiger partial charge in [-0.3, -0.25) is 49.5 Å². The number of aromatic nitrogens is 8. The second-order valence-electron chi connectivity index (χ2n) is 13.9. The van der Waals surface area contributed by atoms with Crippen LogP contribution in [0.15, 0.2) is 219 Å². The third-order valence-electron chi connectivity index (χ3n) is 8.56. The molecule has 28 nitrogen and oxygen atoms in total. The van der Waals surface area contributed by atoms with E-state index in [1.807, 2.05) is 146 Å². The fraction of sp³-hybridized carbons (Fsp3) is 0.0370. The van der Waals surface area contributed by atoms with Gasteiger partial charge in [0.15, 0.2) is 0 Å². The molecule has 1 aromatic carbocycles. The zero-order chi connectivity index (χ0) is 55.2. The molecule has 0 unspecified atom stereocenters. The Morgan fingerprint density at radius 2 is 0.417 bits per heavy atom. The SMILES string of the molecule is O.O.O.O.O.O.O=C([O-])CNC(=O)c1ccc(C(=O)NCC(=O)[O-])cc1.O=C([O-])[O-].O=C([O-])[O-].[Co+3].[Co+3].c1ccc(-c2ccccn2)nc1.c1ccc(-c2ccccn2)nc1.c1ccc(-c2ccccn2)nc1.c1ccc(-c2ccccn2)nc1. The van der Waals surface area contributed by atoms with Crippen molar-refractivity contribution in [2.45, 2.75) is 0 Å². The van der Waals surface area contributed by atoms with Gasteiger partial charge in [0.25, 0.3) is 11.8 Å². The third-order valence-corrected chi connectivity index (χ3v) is 8.56. The van der Waals surface area contributed by atoms with E-state index in [0.29, 0.717) is 0 Å². The molecule has 0 aliphatic heterocycles. The molecule has 14 N–H and O–H groups in total. The number of nitrogens with zero attached hydrogens (tertiary/aromatic N) is 8. The first kappa shape index (κ1) is 84.9. The van der Waals surface area contributed by atoms with E-state index in [2.05, 4.69) is 50.5 Å². The molecule has 0 saturated carbocycles. The number of benzene rings is 1. The molecule has 84 heavy (non-hydrogen) atoms. The van der Waals surface area contributed by atoms with Crippen molar-refractivity contribution in [1.82, 2.24) is 50.5 Å². The Morgan fingerprint density at radius 1 is 0.274 bits per heavy atom. The van der Waals surface area contributed by atoms with Gasteiger partial charge < -0.3 is 93.3 Å². The van der Waals surface area contributed by atoms with E-state index < -0.39 is 49.2 Å². The van der Waals surface area contributed by atoms with Gasteiger partial charge in [0.1, 0.15) is 0 Å². The summed E-state index contributed by atoms with van der Waals surface area (Å²) in [6.45, 7) is -1.24. The van der Waals surface area contributed by atoms with Crippen LogP contribution in [0.4, 0.5) is 9.59 Å². The molecule has 0 aliphatic rings. The molecule has 0 bridgehead atoms. The molecule has 0 aliphatic carbocycles. The van der Waals surface area contributed by atoms with Crippen molar-refractivity contribution in [3.8, 4) is 45.6 Å². The van der Waals surface area contributed by atoms with Crippen LogP contribution in [0.2, 0.25) is 0 Å². The summed E-state index contributed by atoms with van der Waals surface area (Å²) >= 11 is 0. The Labute approximate surface area is 499 Å². The van der Waals surface area contributed by atoms with Gasteiger partial charge in [-0.2, -0.15) is 0 Å². The Kier molecular flexibility index (Phi) is 51.4. The van der Waals surface area contributed by atoms with Gasteiger partial charge >= 0.3 is 33.6 Å². The van der Waals surface area contributed by atoms with Crippen LogP contribution in [-0.2, 0) is 43.1 Å². The van der Waals surface area contributed by atoms with Crippen molar-refractivity contribution >= 4 is 36.1 Å². The van der Waals surface area contributed by atoms with Crippen LogP contribution in [0, 0.1) is 0 Å². The van der Waals surface area contributed by atoms with Gasteiger partial charge in [0, 0.05) is 60.7 Å². The monoisotopic (exact) mass is 1250 g/mol. The number of pyridine rings is 8. The number of hydrogen-bond donors (Lipinski definition) is 2. The molecule has 446 valence electrons. The maximum absolute atomic E-state index is 11.5. The van der Waals surface area contributed by atoms with Gasteiger partial charge in [-0.1, -0.05) is 48.5 Å². The molecule has 9 rings (SSSR count). The maximum atomic E-state index is 11.5. The minimum Gasteiger partial charge on any atom is -0.652 e. The summed E-state index contributed by atoms with van der Waals surface area (Å²) in [4.78, 5) is 93.4. The quantitative estimate of drug-likeness (QED) is 0.130. The third kappa shape index (κ3) is 37.5. The first-order valence-electron chi connectivity index (χ1n) is 21.8. The molecule has 0 atom stereocenters. The van der Waals surface area contributed by atoms with E-state index in [-0.39, 0.29) is 77.5 Å². The summed E-state index contributed by atoms with van der Waals surface area (Å²) in [6, 6.07) is 51.6. The van der Waals surface area contributed by atoms with Crippen molar-refractivity contribution in [1.29, 1.82) is 0 Å². The van der Waals surface area contributed by atoms with Crippen LogP contribution in [0.1, 0.15) is 20.7 Å². The summed E-state index contributed by atoms with van der Waals surface area (Å²) in [6.07, 6.45) is 9.48. The fourth-order valence-electron chi connectivity index (χ4n) is 5.40. The summed E-state index contributed by atoms with van der Waals surface area (Å²) in [7, 11) is 0. The van der Waals surface area contributed by atoms with Crippen molar-refractivity contribution in [3.05, 3.63) is 231 Å². The zero-order valence-electron chi connectivity index (χ0n) is 43.3. The molecule has 0 radical (unpaired) electrons. The average Bonchev–Trinajstić information content (AvgIpc) is 3.46. The van der Waals surface area contributed by atoms with Gasteiger partial charge in [0.05, 0.1) is 70.6 Å². The number of nitrogens with one attached hydrogen (secondary N) is 2. The van der Waals surface area contributed by atoms with Crippen molar-refractivity contribution in [2.75, 3.05) is 13.1 Å². The second kappa shape index (κ2) is 50.8. The van der Waals surface area contributed by atoms with Gasteiger partial charge in [-0.05, 0) is 134 Å². The maximum Gasteiger partial charge on any atom is 3.00 e. The van der Waals surface area contributed by atoms with Gasteiger partial charge in [0.2, 0.25) is 0 Å². The molecule has 8 heterocycles. The van der Waals surface area contributed by atoms with E-state index in [0.717, 1.165) is 45.6 Å². The van der Waals surface area contributed by atoms with E-state index in [4.69, 9.17) is 30.0 Å².